The summed E-state index contributed by atoms with van der Waals surface area (Å²) in [6, 6.07) is 89.6. The van der Waals surface area contributed by atoms with Crippen molar-refractivity contribution < 1.29 is 0 Å². The lowest BCUT2D eigenvalue weighted by Gasteiger charge is -2.29. The third-order valence-corrected chi connectivity index (χ3v) is 14.4. The highest BCUT2D eigenvalue weighted by molar-refractivity contribution is 6.19. The van der Waals surface area contributed by atoms with Crippen LogP contribution in [0.1, 0.15) is 25.0 Å². The molecule has 0 atom stereocenters. The molecule has 0 fully saturated rings. The average molecular weight is 855 g/mol. The Bertz CT molecular complexity index is 3880. The summed E-state index contributed by atoms with van der Waals surface area (Å²) in [5.74, 6) is 0. The van der Waals surface area contributed by atoms with Gasteiger partial charge in [-0.25, -0.2) is 0 Å². The normalized spacial score (nSPS) is 12.7. The number of fused-ring (bicyclic) bond motifs is 8. The summed E-state index contributed by atoms with van der Waals surface area (Å²) >= 11 is 0. The van der Waals surface area contributed by atoms with Crippen molar-refractivity contribution in [2.24, 2.45) is 0 Å². The van der Waals surface area contributed by atoms with Gasteiger partial charge in [0.2, 0.25) is 0 Å². The lowest BCUT2D eigenvalue weighted by Crippen LogP contribution is -2.16. The van der Waals surface area contributed by atoms with Crippen molar-refractivity contribution in [1.82, 2.24) is 4.57 Å². The van der Waals surface area contributed by atoms with Crippen molar-refractivity contribution >= 4 is 60.3 Å². The molecule has 0 radical (unpaired) electrons. The van der Waals surface area contributed by atoms with Crippen LogP contribution < -0.4 is 4.90 Å². The number of rotatable bonds is 7. The van der Waals surface area contributed by atoms with E-state index >= 15 is 0 Å². The highest BCUT2D eigenvalue weighted by Gasteiger charge is 2.36. The summed E-state index contributed by atoms with van der Waals surface area (Å²) in [5.41, 5.74) is 18.1. The summed E-state index contributed by atoms with van der Waals surface area (Å²) in [6.45, 7) is 4.73. The van der Waals surface area contributed by atoms with E-state index in [1.165, 1.54) is 93.4 Å². The molecule has 316 valence electrons. The SMILES string of the molecule is CC1(C)c2ccccc2-c2ccc(N(c3ccccc3)c3cccc4c3ccc3c(-c5ccccc5)c(-c5ccccc5)n(-c5ccc(-c6ccc7ccccc7c6)c6ccccc56)c34)cc21. The number of nitrogens with zero attached hydrogens (tertiary/aromatic N) is 2. The van der Waals surface area contributed by atoms with Gasteiger partial charge in [0.25, 0.3) is 0 Å². The number of benzene rings is 11. The van der Waals surface area contributed by atoms with Crippen molar-refractivity contribution in [1.29, 1.82) is 0 Å². The second-order valence-electron chi connectivity index (χ2n) is 18.4. The molecule has 67 heavy (non-hydrogen) atoms. The number of aromatic nitrogens is 1. The molecule has 13 rings (SSSR count). The third-order valence-electron chi connectivity index (χ3n) is 14.4. The molecule has 1 aliphatic rings. The fraction of sp³-hybridized carbons (Fsp3) is 0.0462. The van der Waals surface area contributed by atoms with Gasteiger partial charge in [0.15, 0.2) is 0 Å². The average Bonchev–Trinajstić information content (AvgIpc) is 3.85. The van der Waals surface area contributed by atoms with Crippen LogP contribution in [-0.4, -0.2) is 4.57 Å². The van der Waals surface area contributed by atoms with E-state index in [0.29, 0.717) is 0 Å². The Hall–Kier alpha value is -8.46. The summed E-state index contributed by atoms with van der Waals surface area (Å²) in [6.07, 6.45) is 0. The van der Waals surface area contributed by atoms with E-state index in [9.17, 15) is 0 Å². The maximum Gasteiger partial charge on any atom is 0.0620 e. The molecule has 12 aromatic rings. The first kappa shape index (κ1) is 39.0. The highest BCUT2D eigenvalue weighted by atomic mass is 15.1. The van der Waals surface area contributed by atoms with Crippen molar-refractivity contribution in [3.63, 3.8) is 0 Å². The Balaban J connectivity index is 1.11. The number of anilines is 3. The summed E-state index contributed by atoms with van der Waals surface area (Å²) in [7, 11) is 0. The highest BCUT2D eigenvalue weighted by Crippen LogP contribution is 2.52. The van der Waals surface area contributed by atoms with E-state index in [2.05, 4.69) is 266 Å². The molecule has 0 saturated heterocycles. The van der Waals surface area contributed by atoms with Gasteiger partial charge in [0.1, 0.15) is 0 Å². The van der Waals surface area contributed by atoms with Crippen LogP contribution in [-0.2, 0) is 5.41 Å². The van der Waals surface area contributed by atoms with Crippen molar-refractivity contribution in [3.05, 3.63) is 254 Å². The molecule has 0 unspecified atom stereocenters. The van der Waals surface area contributed by atoms with Crippen LogP contribution in [0.15, 0.2) is 243 Å². The van der Waals surface area contributed by atoms with E-state index in [1.807, 2.05) is 0 Å². The molecule has 2 heteroatoms. The number of hydrogen-bond donors (Lipinski definition) is 0. The van der Waals surface area contributed by atoms with Crippen LogP contribution in [0.4, 0.5) is 17.1 Å². The van der Waals surface area contributed by atoms with Crippen molar-refractivity contribution in [2.75, 3.05) is 4.90 Å². The van der Waals surface area contributed by atoms with Crippen LogP contribution in [0.2, 0.25) is 0 Å². The third kappa shape index (κ3) is 6.10. The monoisotopic (exact) mass is 854 g/mol. The summed E-state index contributed by atoms with van der Waals surface area (Å²) in [4.78, 5) is 2.46. The number of para-hydroxylation sites is 1. The first-order valence-electron chi connectivity index (χ1n) is 23.3. The van der Waals surface area contributed by atoms with E-state index < -0.39 is 0 Å². The zero-order valence-electron chi connectivity index (χ0n) is 37.5. The standard InChI is InChI=1S/C65H46N2/c1-65(2)58-31-17-16-28-52(58)53-36-35-49(42-59(53)65)66(48-25-10-5-11-26-48)60-32-18-30-56-55(60)37-38-57-62(44-20-6-3-7-21-44)63(45-22-8-4-9-23-45)67(64(56)57)61-40-39-50(51-27-14-15-29-54(51)61)47-34-33-43-19-12-13-24-46(43)41-47/h3-42H,1-2H3. The van der Waals surface area contributed by atoms with E-state index in [4.69, 9.17) is 0 Å². The molecule has 11 aromatic carbocycles. The predicted molar refractivity (Wildman–Crippen MR) is 284 cm³/mol. The molecule has 0 spiro atoms. The molecule has 0 aliphatic heterocycles. The number of hydrogen-bond acceptors (Lipinski definition) is 1. The fourth-order valence-electron chi connectivity index (χ4n) is 11.2. The minimum absolute atomic E-state index is 0.135. The van der Waals surface area contributed by atoms with Gasteiger partial charge in [-0.2, -0.15) is 0 Å². The minimum atomic E-state index is -0.135. The topological polar surface area (TPSA) is 8.17 Å². The quantitative estimate of drug-likeness (QED) is 0.155. The maximum absolute atomic E-state index is 2.58. The van der Waals surface area contributed by atoms with Gasteiger partial charge >= 0.3 is 0 Å². The first-order chi connectivity index (χ1) is 33.0. The molecule has 1 aromatic heterocycles. The fourth-order valence-corrected chi connectivity index (χ4v) is 11.2. The van der Waals surface area contributed by atoms with Crippen LogP contribution >= 0.6 is 0 Å². The van der Waals surface area contributed by atoms with Gasteiger partial charge in [0, 0.05) is 43.9 Å². The lowest BCUT2D eigenvalue weighted by atomic mass is 9.82. The lowest BCUT2D eigenvalue weighted by molar-refractivity contribution is 0.660. The zero-order valence-corrected chi connectivity index (χ0v) is 37.5. The Morgan fingerprint density at radius 1 is 0.358 bits per heavy atom. The van der Waals surface area contributed by atoms with Crippen LogP contribution in [0.25, 0.3) is 93.5 Å². The summed E-state index contributed by atoms with van der Waals surface area (Å²) < 4.78 is 2.58. The van der Waals surface area contributed by atoms with Gasteiger partial charge in [-0.15, -0.1) is 0 Å². The maximum atomic E-state index is 2.58. The second kappa shape index (κ2) is 15.3. The molecule has 0 bridgehead atoms. The molecule has 0 N–H and O–H groups in total. The molecule has 1 heterocycles. The van der Waals surface area contributed by atoms with E-state index in [-0.39, 0.29) is 5.41 Å². The Kier molecular flexibility index (Phi) is 8.91. The molecule has 0 amide bonds. The molecular formula is C65H46N2. The molecule has 1 aliphatic carbocycles. The Morgan fingerprint density at radius 3 is 1.79 bits per heavy atom. The van der Waals surface area contributed by atoms with Crippen molar-refractivity contribution in [3.8, 4) is 50.3 Å². The Labute approximate surface area is 391 Å². The van der Waals surface area contributed by atoms with Crippen LogP contribution in [0.5, 0.6) is 0 Å². The summed E-state index contributed by atoms with van der Waals surface area (Å²) in [5, 5.41) is 8.47. The predicted octanol–water partition coefficient (Wildman–Crippen LogP) is 17.9. The van der Waals surface area contributed by atoms with Gasteiger partial charge in [-0.05, 0) is 103 Å². The molecule has 0 saturated carbocycles. The van der Waals surface area contributed by atoms with E-state index in [0.717, 1.165) is 28.3 Å². The molecular weight excluding hydrogens is 809 g/mol. The zero-order chi connectivity index (χ0) is 44.6. The van der Waals surface area contributed by atoms with Gasteiger partial charge in [-0.1, -0.05) is 214 Å². The van der Waals surface area contributed by atoms with Crippen molar-refractivity contribution in [2.45, 2.75) is 19.3 Å². The minimum Gasteiger partial charge on any atom is -0.310 e. The van der Waals surface area contributed by atoms with E-state index in [1.54, 1.807) is 0 Å². The smallest absolute Gasteiger partial charge is 0.0620 e. The largest absolute Gasteiger partial charge is 0.310 e. The second-order valence-corrected chi connectivity index (χ2v) is 18.4. The molecule has 2 nitrogen and oxygen atoms in total. The Morgan fingerprint density at radius 2 is 0.985 bits per heavy atom. The van der Waals surface area contributed by atoms with Gasteiger partial charge in [0.05, 0.1) is 22.6 Å². The first-order valence-corrected chi connectivity index (χ1v) is 23.3. The van der Waals surface area contributed by atoms with Crippen LogP contribution in [0.3, 0.4) is 0 Å². The van der Waals surface area contributed by atoms with Gasteiger partial charge < -0.3 is 9.47 Å². The van der Waals surface area contributed by atoms with Crippen LogP contribution in [0, 0.1) is 0 Å². The van der Waals surface area contributed by atoms with Gasteiger partial charge in [-0.3, -0.25) is 0 Å².